The van der Waals surface area contributed by atoms with Crippen LogP contribution in [0.1, 0.15) is 21.7 Å². The summed E-state index contributed by atoms with van der Waals surface area (Å²) in [4.78, 5) is 15.6. The number of benzene rings is 1. The van der Waals surface area contributed by atoms with Crippen molar-refractivity contribution in [2.45, 2.75) is 13.8 Å². The van der Waals surface area contributed by atoms with Crippen molar-refractivity contribution in [3.05, 3.63) is 47.4 Å². The van der Waals surface area contributed by atoms with Gasteiger partial charge in [0, 0.05) is 29.8 Å². The predicted octanol–water partition coefficient (Wildman–Crippen LogP) is 2.77. The Bertz CT molecular complexity index is 797. The van der Waals surface area contributed by atoms with Crippen LogP contribution in [-0.2, 0) is 7.05 Å². The fraction of sp³-hybridized carbons (Fsp3) is 0.200. The largest absolute Gasteiger partial charge is 0.361 e. The van der Waals surface area contributed by atoms with E-state index in [9.17, 15) is 4.79 Å². The van der Waals surface area contributed by atoms with Crippen molar-refractivity contribution in [3.8, 4) is 0 Å². The van der Waals surface area contributed by atoms with Gasteiger partial charge in [0.15, 0.2) is 0 Å². The monoisotopic (exact) mass is 268 g/mol. The number of nitrogens with zero attached hydrogens (tertiary/aromatic N) is 2. The number of carbonyl (C=O) groups excluding carboxylic acids is 1. The number of H-pyrrole nitrogens is 1. The van der Waals surface area contributed by atoms with E-state index in [4.69, 9.17) is 0 Å². The van der Waals surface area contributed by atoms with E-state index in [2.05, 4.69) is 15.4 Å². The van der Waals surface area contributed by atoms with Crippen molar-refractivity contribution < 1.29 is 4.79 Å². The number of aromatic nitrogens is 3. The van der Waals surface area contributed by atoms with Crippen molar-refractivity contribution >= 4 is 22.5 Å². The number of fused-ring (bicyclic) bond motifs is 1. The van der Waals surface area contributed by atoms with E-state index in [1.807, 2.05) is 51.4 Å². The molecule has 0 bridgehead atoms. The summed E-state index contributed by atoms with van der Waals surface area (Å²) in [5, 5.41) is 8.25. The smallest absolute Gasteiger partial charge is 0.259 e. The summed E-state index contributed by atoms with van der Waals surface area (Å²) in [7, 11) is 1.84. The summed E-state index contributed by atoms with van der Waals surface area (Å²) in [5.74, 6) is -0.123. The normalized spacial score (nSPS) is 10.9. The van der Waals surface area contributed by atoms with Crippen LogP contribution >= 0.6 is 0 Å². The number of rotatable bonds is 2. The molecule has 0 saturated heterocycles. The average Bonchev–Trinajstić information content (AvgIpc) is 2.96. The summed E-state index contributed by atoms with van der Waals surface area (Å²) >= 11 is 0. The number of hydrogen-bond donors (Lipinski definition) is 2. The third-order valence-electron chi connectivity index (χ3n) is 3.58. The highest BCUT2D eigenvalue weighted by molar-refractivity contribution is 6.09. The van der Waals surface area contributed by atoms with Crippen LogP contribution in [0.4, 0.5) is 5.69 Å². The zero-order valence-corrected chi connectivity index (χ0v) is 11.7. The molecule has 0 fully saturated rings. The van der Waals surface area contributed by atoms with Gasteiger partial charge in [0.2, 0.25) is 0 Å². The van der Waals surface area contributed by atoms with Gasteiger partial charge in [-0.25, -0.2) is 0 Å². The number of amides is 1. The Morgan fingerprint density at radius 2 is 2.10 bits per heavy atom. The molecule has 2 N–H and O–H groups in total. The van der Waals surface area contributed by atoms with Gasteiger partial charge in [-0.3, -0.25) is 9.48 Å². The fourth-order valence-corrected chi connectivity index (χ4v) is 2.48. The fourth-order valence-electron chi connectivity index (χ4n) is 2.48. The number of aryl methyl sites for hydroxylation is 2. The molecule has 2 heterocycles. The first-order valence-electron chi connectivity index (χ1n) is 6.45. The molecule has 3 rings (SSSR count). The lowest BCUT2D eigenvalue weighted by Crippen LogP contribution is -2.14. The minimum absolute atomic E-state index is 0.123. The molecule has 102 valence electrons. The standard InChI is InChI=1S/C15H16N4O/c1-9-14(10(2)19(3)18-9)15(20)17-13-6-4-5-12-11(13)7-8-16-12/h4-8,16H,1-3H3,(H,17,20). The van der Waals surface area contributed by atoms with E-state index in [0.717, 1.165) is 28.0 Å². The highest BCUT2D eigenvalue weighted by Gasteiger charge is 2.18. The highest BCUT2D eigenvalue weighted by Crippen LogP contribution is 2.23. The van der Waals surface area contributed by atoms with Gasteiger partial charge in [-0.15, -0.1) is 0 Å². The Morgan fingerprint density at radius 3 is 2.80 bits per heavy atom. The molecule has 0 radical (unpaired) electrons. The van der Waals surface area contributed by atoms with Crippen LogP contribution < -0.4 is 5.32 Å². The van der Waals surface area contributed by atoms with Gasteiger partial charge in [0.1, 0.15) is 0 Å². The zero-order valence-electron chi connectivity index (χ0n) is 11.7. The number of hydrogen-bond acceptors (Lipinski definition) is 2. The van der Waals surface area contributed by atoms with Crippen LogP contribution in [0, 0.1) is 13.8 Å². The van der Waals surface area contributed by atoms with E-state index in [0.29, 0.717) is 5.56 Å². The summed E-state index contributed by atoms with van der Waals surface area (Å²) in [5.41, 5.74) is 4.05. The maximum atomic E-state index is 12.5. The van der Waals surface area contributed by atoms with E-state index in [-0.39, 0.29) is 5.91 Å². The van der Waals surface area contributed by atoms with Crippen molar-refractivity contribution in [2.24, 2.45) is 7.05 Å². The molecule has 0 unspecified atom stereocenters. The molecule has 20 heavy (non-hydrogen) atoms. The summed E-state index contributed by atoms with van der Waals surface area (Å²) in [6.07, 6.45) is 1.86. The van der Waals surface area contributed by atoms with Gasteiger partial charge in [-0.2, -0.15) is 5.10 Å². The van der Waals surface area contributed by atoms with Crippen LogP contribution in [0.5, 0.6) is 0 Å². The highest BCUT2D eigenvalue weighted by atomic mass is 16.1. The molecule has 0 spiro atoms. The van der Waals surface area contributed by atoms with Crippen LogP contribution in [0.2, 0.25) is 0 Å². The van der Waals surface area contributed by atoms with Crippen molar-refractivity contribution in [1.29, 1.82) is 0 Å². The van der Waals surface area contributed by atoms with Gasteiger partial charge in [-0.05, 0) is 32.0 Å². The van der Waals surface area contributed by atoms with Crippen LogP contribution in [0.3, 0.4) is 0 Å². The molecule has 0 saturated carbocycles. The molecule has 2 aromatic heterocycles. The number of aromatic amines is 1. The lowest BCUT2D eigenvalue weighted by molar-refractivity contribution is 0.102. The van der Waals surface area contributed by atoms with Gasteiger partial charge in [-0.1, -0.05) is 6.07 Å². The number of anilines is 1. The topological polar surface area (TPSA) is 62.7 Å². The summed E-state index contributed by atoms with van der Waals surface area (Å²) in [6.45, 7) is 3.74. The molecule has 1 amide bonds. The third-order valence-corrected chi connectivity index (χ3v) is 3.58. The van der Waals surface area contributed by atoms with E-state index in [1.165, 1.54) is 0 Å². The number of carbonyl (C=O) groups is 1. The first-order chi connectivity index (χ1) is 9.58. The Morgan fingerprint density at radius 1 is 1.30 bits per heavy atom. The molecule has 5 heteroatoms. The van der Waals surface area contributed by atoms with Crippen molar-refractivity contribution in [3.63, 3.8) is 0 Å². The molecule has 1 aromatic carbocycles. The SMILES string of the molecule is Cc1nn(C)c(C)c1C(=O)Nc1cccc2[nH]ccc12. The molecule has 0 atom stereocenters. The second-order valence-electron chi connectivity index (χ2n) is 4.87. The molecule has 0 aliphatic heterocycles. The second kappa shape index (κ2) is 4.52. The van der Waals surface area contributed by atoms with Gasteiger partial charge in [0.25, 0.3) is 5.91 Å². The zero-order chi connectivity index (χ0) is 14.3. The summed E-state index contributed by atoms with van der Waals surface area (Å²) < 4.78 is 1.72. The van der Waals surface area contributed by atoms with E-state index >= 15 is 0 Å². The second-order valence-corrected chi connectivity index (χ2v) is 4.87. The molecule has 5 nitrogen and oxygen atoms in total. The minimum atomic E-state index is -0.123. The third kappa shape index (κ3) is 1.87. The molecule has 0 aliphatic carbocycles. The Kier molecular flexibility index (Phi) is 2.82. The van der Waals surface area contributed by atoms with Crippen molar-refractivity contribution in [2.75, 3.05) is 5.32 Å². The van der Waals surface area contributed by atoms with Gasteiger partial charge < -0.3 is 10.3 Å². The molecular weight excluding hydrogens is 252 g/mol. The quantitative estimate of drug-likeness (QED) is 0.750. The van der Waals surface area contributed by atoms with Crippen LogP contribution in [0.25, 0.3) is 10.9 Å². The first kappa shape index (κ1) is 12.5. The lowest BCUT2D eigenvalue weighted by atomic mass is 10.1. The Hall–Kier alpha value is -2.56. The minimum Gasteiger partial charge on any atom is -0.361 e. The van der Waals surface area contributed by atoms with E-state index in [1.54, 1.807) is 4.68 Å². The predicted molar refractivity (Wildman–Crippen MR) is 78.9 cm³/mol. The maximum absolute atomic E-state index is 12.5. The molecule has 0 aliphatic rings. The molecular formula is C15H16N4O. The van der Waals surface area contributed by atoms with Crippen LogP contribution in [-0.4, -0.2) is 20.7 Å². The van der Waals surface area contributed by atoms with Gasteiger partial charge in [0.05, 0.1) is 16.9 Å². The van der Waals surface area contributed by atoms with E-state index < -0.39 is 0 Å². The Labute approximate surface area is 116 Å². The van der Waals surface area contributed by atoms with Gasteiger partial charge >= 0.3 is 0 Å². The van der Waals surface area contributed by atoms with Crippen LogP contribution in [0.15, 0.2) is 30.5 Å². The maximum Gasteiger partial charge on any atom is 0.259 e. The average molecular weight is 268 g/mol. The Balaban J connectivity index is 1.99. The first-order valence-corrected chi connectivity index (χ1v) is 6.45. The summed E-state index contributed by atoms with van der Waals surface area (Å²) in [6, 6.07) is 7.74. The van der Waals surface area contributed by atoms with Crippen molar-refractivity contribution in [1.82, 2.24) is 14.8 Å². The number of nitrogens with one attached hydrogen (secondary N) is 2. The molecule has 3 aromatic rings. The lowest BCUT2D eigenvalue weighted by Gasteiger charge is -2.07.